The van der Waals surface area contributed by atoms with E-state index in [0.29, 0.717) is 18.5 Å². The maximum absolute atomic E-state index is 12.0. The number of amides is 1. The van der Waals surface area contributed by atoms with E-state index >= 15 is 0 Å². The van der Waals surface area contributed by atoms with Crippen LogP contribution in [0, 0.1) is 0 Å². The molecular formula is C14H23N3O3. The number of carbonyl (C=O) groups is 2. The van der Waals surface area contributed by atoms with Crippen LogP contribution >= 0.6 is 0 Å². The Kier molecular flexibility index (Phi) is 6.76. The van der Waals surface area contributed by atoms with Gasteiger partial charge >= 0.3 is 5.97 Å². The van der Waals surface area contributed by atoms with Gasteiger partial charge in [-0.25, -0.2) is 0 Å². The van der Waals surface area contributed by atoms with Crippen molar-refractivity contribution in [1.82, 2.24) is 15.1 Å². The van der Waals surface area contributed by atoms with Gasteiger partial charge in [0.25, 0.3) is 5.91 Å². The number of hydrogen-bond acceptors (Lipinski definition) is 3. The Balaban J connectivity index is 2.21. The third-order valence-corrected chi connectivity index (χ3v) is 3.09. The molecule has 1 heterocycles. The molecule has 2 N–H and O–H groups in total. The molecule has 0 fully saturated rings. The minimum Gasteiger partial charge on any atom is -0.481 e. The predicted molar refractivity (Wildman–Crippen MR) is 75.6 cm³/mol. The minimum absolute atomic E-state index is 0.0829. The molecule has 1 amide bonds. The van der Waals surface area contributed by atoms with Crippen molar-refractivity contribution in [2.75, 3.05) is 6.54 Å². The summed E-state index contributed by atoms with van der Waals surface area (Å²) in [5.74, 6) is -0.831. The Morgan fingerprint density at radius 2 is 2.00 bits per heavy atom. The number of carboxylic acids is 1. The number of carbonyl (C=O) groups excluding carboxylic acids is 1. The van der Waals surface area contributed by atoms with Crippen molar-refractivity contribution in [2.24, 2.45) is 7.05 Å². The van der Waals surface area contributed by atoms with Crippen LogP contribution in [0.5, 0.6) is 0 Å². The zero-order valence-corrected chi connectivity index (χ0v) is 12.2. The molecule has 0 aliphatic carbocycles. The molecule has 0 unspecified atom stereocenters. The summed E-state index contributed by atoms with van der Waals surface area (Å²) in [6.07, 6.45) is 6.08. The zero-order valence-electron chi connectivity index (χ0n) is 12.2. The third kappa shape index (κ3) is 5.42. The predicted octanol–water partition coefficient (Wildman–Crippen LogP) is 1.75. The molecule has 0 saturated carbocycles. The third-order valence-electron chi connectivity index (χ3n) is 3.09. The number of nitrogens with zero attached hydrogens (tertiary/aromatic N) is 2. The minimum atomic E-state index is -0.748. The smallest absolute Gasteiger partial charge is 0.303 e. The SMILES string of the molecule is CCc1nn(C)cc1C(=O)NCCCCCCC(=O)O. The van der Waals surface area contributed by atoms with E-state index in [4.69, 9.17) is 5.11 Å². The van der Waals surface area contributed by atoms with E-state index in [1.165, 1.54) is 0 Å². The van der Waals surface area contributed by atoms with Crippen LogP contribution < -0.4 is 5.32 Å². The van der Waals surface area contributed by atoms with E-state index in [9.17, 15) is 9.59 Å². The maximum atomic E-state index is 12.0. The Labute approximate surface area is 119 Å². The fourth-order valence-corrected chi connectivity index (χ4v) is 2.04. The van der Waals surface area contributed by atoms with Gasteiger partial charge < -0.3 is 10.4 Å². The Morgan fingerprint density at radius 1 is 1.30 bits per heavy atom. The summed E-state index contributed by atoms with van der Waals surface area (Å²) in [6.45, 7) is 2.59. The molecule has 6 nitrogen and oxygen atoms in total. The molecule has 0 atom stereocenters. The first-order valence-electron chi connectivity index (χ1n) is 7.07. The Bertz CT molecular complexity index is 455. The number of aromatic nitrogens is 2. The van der Waals surface area contributed by atoms with Crippen molar-refractivity contribution in [1.29, 1.82) is 0 Å². The van der Waals surface area contributed by atoms with Crippen LogP contribution in [-0.4, -0.2) is 33.3 Å². The van der Waals surface area contributed by atoms with Crippen LogP contribution in [0.1, 0.15) is 55.1 Å². The van der Waals surface area contributed by atoms with E-state index in [1.807, 2.05) is 6.92 Å². The Hall–Kier alpha value is -1.85. The van der Waals surface area contributed by atoms with Gasteiger partial charge in [0, 0.05) is 26.2 Å². The number of hydrogen-bond donors (Lipinski definition) is 2. The fourth-order valence-electron chi connectivity index (χ4n) is 2.04. The highest BCUT2D eigenvalue weighted by Gasteiger charge is 2.13. The normalized spacial score (nSPS) is 10.5. The number of unbranched alkanes of at least 4 members (excludes halogenated alkanes) is 3. The number of nitrogens with one attached hydrogen (secondary N) is 1. The standard InChI is InChI=1S/C14H23N3O3/c1-3-12-11(10-17(2)16-12)14(20)15-9-7-5-4-6-8-13(18)19/h10H,3-9H2,1-2H3,(H,15,20)(H,18,19). The van der Waals surface area contributed by atoms with Crippen LogP contribution in [0.25, 0.3) is 0 Å². The molecule has 1 aromatic rings. The molecule has 0 aromatic carbocycles. The highest BCUT2D eigenvalue weighted by Crippen LogP contribution is 2.07. The molecule has 0 spiro atoms. The average molecular weight is 281 g/mol. The first-order chi connectivity index (χ1) is 9.54. The van der Waals surface area contributed by atoms with E-state index < -0.39 is 5.97 Å². The molecule has 0 radical (unpaired) electrons. The first kappa shape index (κ1) is 16.2. The highest BCUT2D eigenvalue weighted by molar-refractivity contribution is 5.95. The van der Waals surface area contributed by atoms with E-state index in [-0.39, 0.29) is 12.3 Å². The summed E-state index contributed by atoms with van der Waals surface area (Å²) in [5.41, 5.74) is 1.45. The van der Waals surface area contributed by atoms with Crippen molar-refractivity contribution in [3.63, 3.8) is 0 Å². The molecule has 112 valence electrons. The van der Waals surface area contributed by atoms with Gasteiger partial charge in [-0.15, -0.1) is 0 Å². The van der Waals surface area contributed by atoms with Gasteiger partial charge in [-0.2, -0.15) is 5.10 Å². The number of carboxylic acid groups (broad SMARTS) is 1. The lowest BCUT2D eigenvalue weighted by Gasteiger charge is -2.04. The van der Waals surface area contributed by atoms with Crippen LogP contribution in [0.15, 0.2) is 6.20 Å². The van der Waals surface area contributed by atoms with Crippen molar-refractivity contribution < 1.29 is 14.7 Å². The molecule has 0 aliphatic rings. The highest BCUT2D eigenvalue weighted by atomic mass is 16.4. The Morgan fingerprint density at radius 3 is 2.65 bits per heavy atom. The summed E-state index contributed by atoms with van der Waals surface area (Å²) in [5, 5.41) is 15.6. The van der Waals surface area contributed by atoms with Crippen molar-refractivity contribution in [3.8, 4) is 0 Å². The maximum Gasteiger partial charge on any atom is 0.303 e. The lowest BCUT2D eigenvalue weighted by Crippen LogP contribution is -2.25. The second-order valence-corrected chi connectivity index (χ2v) is 4.83. The van der Waals surface area contributed by atoms with Gasteiger partial charge in [0.05, 0.1) is 11.3 Å². The van der Waals surface area contributed by atoms with E-state index in [0.717, 1.165) is 31.4 Å². The molecular weight excluding hydrogens is 258 g/mol. The number of aliphatic carboxylic acids is 1. The molecule has 0 bridgehead atoms. The molecule has 20 heavy (non-hydrogen) atoms. The summed E-state index contributed by atoms with van der Waals surface area (Å²) < 4.78 is 1.65. The van der Waals surface area contributed by atoms with Crippen molar-refractivity contribution >= 4 is 11.9 Å². The monoisotopic (exact) mass is 281 g/mol. The van der Waals surface area contributed by atoms with Crippen molar-refractivity contribution in [3.05, 3.63) is 17.5 Å². The van der Waals surface area contributed by atoms with Gasteiger partial charge in [-0.1, -0.05) is 19.8 Å². The topological polar surface area (TPSA) is 84.2 Å². The molecule has 0 aliphatic heterocycles. The average Bonchev–Trinajstić information content (AvgIpc) is 2.78. The van der Waals surface area contributed by atoms with Gasteiger partial charge in [0.1, 0.15) is 0 Å². The summed E-state index contributed by atoms with van der Waals surface area (Å²) >= 11 is 0. The fraction of sp³-hybridized carbons (Fsp3) is 0.643. The van der Waals surface area contributed by atoms with Gasteiger partial charge in [0.2, 0.25) is 0 Å². The van der Waals surface area contributed by atoms with Crippen LogP contribution in [0.4, 0.5) is 0 Å². The van der Waals surface area contributed by atoms with E-state index in [1.54, 1.807) is 17.9 Å². The molecule has 0 saturated heterocycles. The van der Waals surface area contributed by atoms with Crippen molar-refractivity contribution in [2.45, 2.75) is 45.4 Å². The van der Waals surface area contributed by atoms with Gasteiger partial charge in [-0.05, 0) is 19.3 Å². The van der Waals surface area contributed by atoms with Gasteiger partial charge in [0.15, 0.2) is 0 Å². The first-order valence-corrected chi connectivity index (χ1v) is 7.07. The van der Waals surface area contributed by atoms with Gasteiger partial charge in [-0.3, -0.25) is 14.3 Å². The zero-order chi connectivity index (χ0) is 15.0. The molecule has 1 rings (SSSR count). The lowest BCUT2D eigenvalue weighted by atomic mass is 10.1. The lowest BCUT2D eigenvalue weighted by molar-refractivity contribution is -0.137. The second kappa shape index (κ2) is 8.35. The summed E-state index contributed by atoms with van der Waals surface area (Å²) in [6, 6.07) is 0. The quantitative estimate of drug-likeness (QED) is 0.675. The van der Waals surface area contributed by atoms with Crippen LogP contribution in [0.2, 0.25) is 0 Å². The van der Waals surface area contributed by atoms with Crippen LogP contribution in [0.3, 0.4) is 0 Å². The number of rotatable bonds is 9. The second-order valence-electron chi connectivity index (χ2n) is 4.83. The van der Waals surface area contributed by atoms with E-state index in [2.05, 4.69) is 10.4 Å². The summed E-state index contributed by atoms with van der Waals surface area (Å²) in [4.78, 5) is 22.3. The molecule has 6 heteroatoms. The van der Waals surface area contributed by atoms with Crippen LogP contribution in [-0.2, 0) is 18.3 Å². The molecule has 1 aromatic heterocycles. The summed E-state index contributed by atoms with van der Waals surface area (Å²) in [7, 11) is 1.80. The largest absolute Gasteiger partial charge is 0.481 e. The number of aryl methyl sites for hydroxylation is 2.